The third kappa shape index (κ3) is 3.00. The van der Waals surface area contributed by atoms with Gasteiger partial charge in [0.05, 0.1) is 7.11 Å². The Morgan fingerprint density at radius 3 is 2.67 bits per heavy atom. The van der Waals surface area contributed by atoms with E-state index in [0.29, 0.717) is 11.8 Å². The van der Waals surface area contributed by atoms with E-state index in [2.05, 4.69) is 34.0 Å². The lowest BCUT2D eigenvalue weighted by Gasteiger charge is -2.32. The summed E-state index contributed by atoms with van der Waals surface area (Å²) in [5, 5.41) is 13.0. The first-order chi connectivity index (χ1) is 10.2. The third-order valence-corrected chi connectivity index (χ3v) is 4.05. The Labute approximate surface area is 125 Å². The molecular weight excluding hydrogens is 266 g/mol. The van der Waals surface area contributed by atoms with Crippen molar-refractivity contribution < 1.29 is 4.74 Å². The molecule has 2 aromatic rings. The quantitative estimate of drug-likeness (QED) is 0.861. The van der Waals surface area contributed by atoms with Crippen LogP contribution in [0.25, 0.3) is 5.65 Å². The van der Waals surface area contributed by atoms with Gasteiger partial charge in [0.25, 0.3) is 0 Å². The number of rotatable bonds is 4. The maximum atomic E-state index is 5.20. The van der Waals surface area contributed by atoms with Crippen LogP contribution in [0.3, 0.4) is 0 Å². The van der Waals surface area contributed by atoms with E-state index in [-0.39, 0.29) is 0 Å². The maximum absolute atomic E-state index is 5.20. The van der Waals surface area contributed by atoms with Gasteiger partial charge in [-0.05, 0) is 37.9 Å². The number of hydrogen-bond donors (Lipinski definition) is 0. The summed E-state index contributed by atoms with van der Waals surface area (Å²) in [4.78, 5) is 2.54. The van der Waals surface area contributed by atoms with E-state index in [0.717, 1.165) is 43.3 Å². The summed E-state index contributed by atoms with van der Waals surface area (Å²) in [7, 11) is 1.63. The number of fused-ring (bicyclic) bond motifs is 1. The summed E-state index contributed by atoms with van der Waals surface area (Å²) in [6.45, 7) is 7.98. The van der Waals surface area contributed by atoms with Crippen LogP contribution < -0.4 is 4.74 Å². The number of likely N-dealkylation sites (tertiary alicyclic amines) is 1. The summed E-state index contributed by atoms with van der Waals surface area (Å²) in [5.41, 5.74) is 0.787. The number of hydrogen-bond acceptors (Lipinski definition) is 5. The Morgan fingerprint density at radius 2 is 2.00 bits per heavy atom. The van der Waals surface area contributed by atoms with Gasteiger partial charge in [-0.1, -0.05) is 13.8 Å². The molecule has 6 nitrogen and oxygen atoms in total. The number of aromatic nitrogens is 4. The summed E-state index contributed by atoms with van der Waals surface area (Å²) >= 11 is 0. The lowest BCUT2D eigenvalue weighted by molar-refractivity contribution is 0.188. The molecule has 114 valence electrons. The molecule has 0 saturated carbocycles. The molecule has 1 fully saturated rings. The van der Waals surface area contributed by atoms with Gasteiger partial charge in [0.1, 0.15) is 0 Å². The first-order valence-corrected chi connectivity index (χ1v) is 7.66. The molecule has 6 heteroatoms. The molecule has 0 atom stereocenters. The van der Waals surface area contributed by atoms with Gasteiger partial charge < -0.3 is 9.64 Å². The highest BCUT2D eigenvalue weighted by molar-refractivity contribution is 5.38. The van der Waals surface area contributed by atoms with Crippen molar-refractivity contribution in [2.75, 3.05) is 26.7 Å². The zero-order valence-electron chi connectivity index (χ0n) is 13.0. The van der Waals surface area contributed by atoms with Crippen LogP contribution in [0.4, 0.5) is 0 Å². The highest BCUT2D eigenvalue weighted by atomic mass is 16.5. The van der Waals surface area contributed by atoms with E-state index >= 15 is 0 Å². The van der Waals surface area contributed by atoms with E-state index in [4.69, 9.17) is 4.74 Å². The molecule has 3 rings (SSSR count). The zero-order valence-corrected chi connectivity index (χ0v) is 13.0. The van der Waals surface area contributed by atoms with Gasteiger partial charge >= 0.3 is 0 Å². The van der Waals surface area contributed by atoms with Gasteiger partial charge in [0, 0.05) is 18.5 Å². The molecule has 1 aliphatic rings. The van der Waals surface area contributed by atoms with Crippen LogP contribution in [0.5, 0.6) is 5.88 Å². The Morgan fingerprint density at radius 1 is 1.24 bits per heavy atom. The summed E-state index contributed by atoms with van der Waals surface area (Å²) in [6.07, 6.45) is 2.23. The molecule has 0 bridgehead atoms. The largest absolute Gasteiger partial charge is 0.480 e. The molecular formula is C15H23N5O. The van der Waals surface area contributed by atoms with Crippen LogP contribution in [0, 0.1) is 5.92 Å². The maximum Gasteiger partial charge on any atom is 0.231 e. The van der Waals surface area contributed by atoms with Crippen molar-refractivity contribution in [3.8, 4) is 5.88 Å². The average Bonchev–Trinajstić information content (AvgIpc) is 2.90. The summed E-state index contributed by atoms with van der Waals surface area (Å²) in [6, 6.07) is 3.72. The zero-order chi connectivity index (χ0) is 14.8. The molecule has 0 radical (unpaired) electrons. The molecule has 3 heterocycles. The molecule has 0 unspecified atom stereocenters. The molecule has 0 aliphatic carbocycles. The van der Waals surface area contributed by atoms with Crippen LogP contribution in [-0.4, -0.2) is 51.5 Å². The van der Waals surface area contributed by atoms with Crippen LogP contribution in [0.15, 0.2) is 12.1 Å². The summed E-state index contributed by atoms with van der Waals surface area (Å²) < 4.78 is 7.03. The van der Waals surface area contributed by atoms with E-state index < -0.39 is 0 Å². The average molecular weight is 289 g/mol. The van der Waals surface area contributed by atoms with Crippen molar-refractivity contribution in [3.63, 3.8) is 0 Å². The van der Waals surface area contributed by atoms with E-state index in [1.807, 2.05) is 16.6 Å². The molecule has 0 N–H and O–H groups in total. The molecule has 0 amide bonds. The SMILES string of the molecule is COc1ccc2nnc(C3CCN(CC(C)C)CC3)n2n1. The van der Waals surface area contributed by atoms with Crippen molar-refractivity contribution in [2.24, 2.45) is 5.92 Å². The first kappa shape index (κ1) is 14.3. The van der Waals surface area contributed by atoms with Crippen molar-refractivity contribution in [1.29, 1.82) is 0 Å². The minimum absolute atomic E-state index is 0.433. The van der Waals surface area contributed by atoms with Crippen LogP contribution >= 0.6 is 0 Å². The Kier molecular flexibility index (Phi) is 4.05. The lowest BCUT2D eigenvalue weighted by atomic mass is 9.95. The molecule has 2 aromatic heterocycles. The second kappa shape index (κ2) is 5.97. The molecule has 1 aliphatic heterocycles. The Balaban J connectivity index is 1.76. The number of methoxy groups -OCH3 is 1. The second-order valence-corrected chi connectivity index (χ2v) is 6.17. The van der Waals surface area contributed by atoms with Gasteiger partial charge in [-0.2, -0.15) is 4.52 Å². The fourth-order valence-corrected chi connectivity index (χ4v) is 3.04. The second-order valence-electron chi connectivity index (χ2n) is 6.17. The van der Waals surface area contributed by atoms with Crippen molar-refractivity contribution >= 4 is 5.65 Å². The van der Waals surface area contributed by atoms with Crippen molar-refractivity contribution in [2.45, 2.75) is 32.6 Å². The van der Waals surface area contributed by atoms with E-state index in [9.17, 15) is 0 Å². The molecule has 1 saturated heterocycles. The van der Waals surface area contributed by atoms with Gasteiger partial charge in [-0.3, -0.25) is 0 Å². The standard InChI is InChI=1S/C15H23N5O/c1-11(2)10-19-8-6-12(7-9-19)15-17-16-13-4-5-14(21-3)18-20(13)15/h4-5,11-12H,6-10H2,1-3H3. The Hall–Kier alpha value is -1.69. The lowest BCUT2D eigenvalue weighted by Crippen LogP contribution is -2.36. The minimum Gasteiger partial charge on any atom is -0.480 e. The molecule has 0 spiro atoms. The van der Waals surface area contributed by atoms with Gasteiger partial charge in [0.15, 0.2) is 11.5 Å². The van der Waals surface area contributed by atoms with Crippen LogP contribution in [0.1, 0.15) is 38.4 Å². The van der Waals surface area contributed by atoms with Crippen molar-refractivity contribution in [1.82, 2.24) is 24.7 Å². The van der Waals surface area contributed by atoms with Gasteiger partial charge in [0.2, 0.25) is 5.88 Å². The fraction of sp³-hybridized carbons (Fsp3) is 0.667. The van der Waals surface area contributed by atoms with Crippen molar-refractivity contribution in [3.05, 3.63) is 18.0 Å². The first-order valence-electron chi connectivity index (χ1n) is 7.66. The van der Waals surface area contributed by atoms with Crippen LogP contribution in [0.2, 0.25) is 0 Å². The highest BCUT2D eigenvalue weighted by Crippen LogP contribution is 2.27. The third-order valence-electron chi connectivity index (χ3n) is 4.05. The molecule has 0 aromatic carbocycles. The van der Waals surface area contributed by atoms with Gasteiger partial charge in [-0.25, -0.2) is 0 Å². The predicted octanol–water partition coefficient (Wildman–Crippen LogP) is 1.97. The number of nitrogens with zero attached hydrogens (tertiary/aromatic N) is 5. The number of piperidine rings is 1. The van der Waals surface area contributed by atoms with E-state index in [1.54, 1.807) is 7.11 Å². The van der Waals surface area contributed by atoms with Crippen LogP contribution in [-0.2, 0) is 0 Å². The number of ether oxygens (including phenoxy) is 1. The predicted molar refractivity (Wildman–Crippen MR) is 80.6 cm³/mol. The van der Waals surface area contributed by atoms with Gasteiger partial charge in [-0.15, -0.1) is 15.3 Å². The van der Waals surface area contributed by atoms with E-state index in [1.165, 1.54) is 6.54 Å². The summed E-state index contributed by atoms with van der Waals surface area (Å²) in [5.74, 6) is 2.72. The monoisotopic (exact) mass is 289 g/mol. The minimum atomic E-state index is 0.433. The molecule has 21 heavy (non-hydrogen) atoms. The normalized spacial score (nSPS) is 17.7. The smallest absolute Gasteiger partial charge is 0.231 e. The fourth-order valence-electron chi connectivity index (χ4n) is 3.04. The highest BCUT2D eigenvalue weighted by Gasteiger charge is 2.25. The topological polar surface area (TPSA) is 55.6 Å². The Bertz CT molecular complexity index is 601.